The summed E-state index contributed by atoms with van der Waals surface area (Å²) in [6.45, 7) is 2.97. The van der Waals surface area contributed by atoms with Crippen molar-refractivity contribution < 1.29 is 4.92 Å². The second kappa shape index (κ2) is 4.49. The molecule has 0 saturated heterocycles. The maximum absolute atomic E-state index is 10.9. The number of halogens is 1. The van der Waals surface area contributed by atoms with Crippen molar-refractivity contribution in [2.75, 3.05) is 18.5 Å². The molecule has 0 bridgehead atoms. The minimum Gasteiger partial charge on any atom is -0.354 e. The van der Waals surface area contributed by atoms with Crippen molar-refractivity contribution in [3.63, 3.8) is 0 Å². The van der Waals surface area contributed by atoms with E-state index in [0.717, 1.165) is 6.54 Å². The lowest BCUT2D eigenvalue weighted by molar-refractivity contribution is -0.384. The highest BCUT2D eigenvalue weighted by molar-refractivity contribution is 6.29. The highest BCUT2D eigenvalue weighted by Crippen LogP contribution is 2.39. The lowest BCUT2D eigenvalue weighted by atomic mass is 10.3. The zero-order chi connectivity index (χ0) is 12.6. The van der Waals surface area contributed by atoms with E-state index in [9.17, 15) is 10.1 Å². The van der Waals surface area contributed by atoms with Crippen molar-refractivity contribution in [2.24, 2.45) is 11.8 Å². The number of aromatic nitrogens is 1. The first-order chi connectivity index (χ1) is 7.99. The van der Waals surface area contributed by atoms with Crippen LogP contribution in [0.15, 0.2) is 12.1 Å². The summed E-state index contributed by atoms with van der Waals surface area (Å²) in [5.74, 6) is 1.66. The largest absolute Gasteiger partial charge is 0.354 e. The van der Waals surface area contributed by atoms with Gasteiger partial charge in [0, 0.05) is 19.7 Å². The summed E-state index contributed by atoms with van der Waals surface area (Å²) < 4.78 is 0. The van der Waals surface area contributed by atoms with Crippen molar-refractivity contribution in [2.45, 2.75) is 13.3 Å². The van der Waals surface area contributed by atoms with Gasteiger partial charge >= 0.3 is 5.69 Å². The molecular weight excluding hydrogens is 242 g/mol. The van der Waals surface area contributed by atoms with Gasteiger partial charge < -0.3 is 4.90 Å². The Morgan fingerprint density at radius 3 is 2.82 bits per heavy atom. The lowest BCUT2D eigenvalue weighted by Crippen LogP contribution is -2.22. The minimum absolute atomic E-state index is 0.00482. The molecule has 0 aromatic carbocycles. The smallest absolute Gasteiger partial charge is 0.311 e. The second-order valence-electron chi connectivity index (χ2n) is 4.59. The quantitative estimate of drug-likeness (QED) is 0.472. The SMILES string of the molecule is CC1CC1CN(C)c1nc(Cl)ccc1[N+](=O)[O-]. The molecule has 2 atom stereocenters. The Balaban J connectivity index is 2.22. The third-order valence-corrected chi connectivity index (χ3v) is 3.37. The van der Waals surface area contributed by atoms with Gasteiger partial charge in [-0.2, -0.15) is 0 Å². The Kier molecular flexibility index (Phi) is 3.19. The highest BCUT2D eigenvalue weighted by Gasteiger charge is 2.34. The fourth-order valence-corrected chi connectivity index (χ4v) is 2.08. The third kappa shape index (κ3) is 2.66. The first-order valence-corrected chi connectivity index (χ1v) is 5.89. The average Bonchev–Trinajstić information content (AvgIpc) is 2.93. The molecule has 0 spiro atoms. The molecule has 1 aromatic rings. The molecule has 2 unspecified atom stereocenters. The van der Waals surface area contributed by atoms with Gasteiger partial charge in [0.25, 0.3) is 0 Å². The zero-order valence-electron chi connectivity index (χ0n) is 9.76. The van der Waals surface area contributed by atoms with Crippen LogP contribution in [0.5, 0.6) is 0 Å². The van der Waals surface area contributed by atoms with Crippen molar-refractivity contribution >= 4 is 23.1 Å². The van der Waals surface area contributed by atoms with Gasteiger partial charge in [0.1, 0.15) is 5.15 Å². The van der Waals surface area contributed by atoms with Gasteiger partial charge in [-0.25, -0.2) is 4.98 Å². The van der Waals surface area contributed by atoms with Gasteiger partial charge in [-0.3, -0.25) is 10.1 Å². The zero-order valence-corrected chi connectivity index (χ0v) is 10.5. The third-order valence-electron chi connectivity index (χ3n) is 3.16. The lowest BCUT2D eigenvalue weighted by Gasteiger charge is -2.17. The molecule has 6 heteroatoms. The summed E-state index contributed by atoms with van der Waals surface area (Å²) in [5, 5.41) is 11.2. The number of hydrogen-bond donors (Lipinski definition) is 0. The van der Waals surface area contributed by atoms with Crippen LogP contribution in [0, 0.1) is 22.0 Å². The second-order valence-corrected chi connectivity index (χ2v) is 4.97. The summed E-state index contributed by atoms with van der Waals surface area (Å²) in [6.07, 6.45) is 1.18. The van der Waals surface area contributed by atoms with Crippen molar-refractivity contribution in [3.8, 4) is 0 Å². The average molecular weight is 256 g/mol. The molecule has 0 aliphatic heterocycles. The van der Waals surface area contributed by atoms with Crippen molar-refractivity contribution in [1.82, 2.24) is 4.98 Å². The van der Waals surface area contributed by atoms with Crippen LogP contribution in [0.2, 0.25) is 5.15 Å². The van der Waals surface area contributed by atoms with Gasteiger partial charge in [0.15, 0.2) is 0 Å². The number of nitrogens with zero attached hydrogens (tertiary/aromatic N) is 3. The van der Waals surface area contributed by atoms with Crippen LogP contribution in [-0.4, -0.2) is 23.5 Å². The monoisotopic (exact) mass is 255 g/mol. The first-order valence-electron chi connectivity index (χ1n) is 5.51. The Labute approximate surface area is 105 Å². The first kappa shape index (κ1) is 12.1. The van der Waals surface area contributed by atoms with E-state index in [-0.39, 0.29) is 10.8 Å². The fraction of sp³-hybridized carbons (Fsp3) is 0.545. The van der Waals surface area contributed by atoms with Gasteiger partial charge in [-0.05, 0) is 24.3 Å². The van der Waals surface area contributed by atoms with Crippen LogP contribution in [0.25, 0.3) is 0 Å². The van der Waals surface area contributed by atoms with Crippen LogP contribution in [0.1, 0.15) is 13.3 Å². The molecule has 92 valence electrons. The predicted octanol–water partition coefficient (Wildman–Crippen LogP) is 2.74. The van der Waals surface area contributed by atoms with E-state index in [4.69, 9.17) is 11.6 Å². The van der Waals surface area contributed by atoms with Crippen LogP contribution in [-0.2, 0) is 0 Å². The molecule has 1 aromatic heterocycles. The molecule has 1 fully saturated rings. The number of hydrogen-bond acceptors (Lipinski definition) is 4. The molecule has 1 heterocycles. The molecule has 1 saturated carbocycles. The number of anilines is 1. The van der Waals surface area contributed by atoms with Crippen LogP contribution in [0.3, 0.4) is 0 Å². The number of nitro groups is 1. The topological polar surface area (TPSA) is 59.3 Å². The molecule has 1 aliphatic rings. The summed E-state index contributed by atoms with van der Waals surface area (Å²) >= 11 is 5.79. The Morgan fingerprint density at radius 1 is 1.65 bits per heavy atom. The molecule has 5 nitrogen and oxygen atoms in total. The van der Waals surface area contributed by atoms with E-state index in [1.54, 1.807) is 0 Å². The van der Waals surface area contributed by atoms with Crippen molar-refractivity contribution in [1.29, 1.82) is 0 Å². The standard InChI is InChI=1S/C11H14ClN3O2/c1-7-5-8(7)6-14(2)11-9(15(16)17)3-4-10(12)13-11/h3-4,7-8H,5-6H2,1-2H3. The minimum atomic E-state index is -0.425. The summed E-state index contributed by atoms with van der Waals surface area (Å²) in [5.41, 5.74) is 0.00482. The molecule has 0 radical (unpaired) electrons. The van der Waals surface area contributed by atoms with E-state index in [2.05, 4.69) is 11.9 Å². The van der Waals surface area contributed by atoms with Crippen LogP contribution < -0.4 is 4.90 Å². The van der Waals surface area contributed by atoms with E-state index in [1.165, 1.54) is 18.6 Å². The molecule has 0 amide bonds. The molecule has 1 aliphatic carbocycles. The van der Waals surface area contributed by atoms with Gasteiger partial charge in [-0.1, -0.05) is 18.5 Å². The maximum Gasteiger partial charge on any atom is 0.311 e. The van der Waals surface area contributed by atoms with Gasteiger partial charge in [0.2, 0.25) is 5.82 Å². The number of rotatable bonds is 4. The highest BCUT2D eigenvalue weighted by atomic mass is 35.5. The number of pyridine rings is 1. The Bertz CT molecular complexity index is 452. The van der Waals surface area contributed by atoms with E-state index in [1.807, 2.05) is 11.9 Å². The van der Waals surface area contributed by atoms with Gasteiger partial charge in [0.05, 0.1) is 4.92 Å². The molecular formula is C11H14ClN3O2. The van der Waals surface area contributed by atoms with Crippen LogP contribution >= 0.6 is 11.6 Å². The normalized spacial score (nSPS) is 22.3. The predicted molar refractivity (Wildman–Crippen MR) is 66.4 cm³/mol. The molecule has 17 heavy (non-hydrogen) atoms. The van der Waals surface area contributed by atoms with Gasteiger partial charge in [-0.15, -0.1) is 0 Å². The van der Waals surface area contributed by atoms with Crippen LogP contribution in [0.4, 0.5) is 11.5 Å². The Hall–Kier alpha value is -1.36. The summed E-state index contributed by atoms with van der Waals surface area (Å²) in [7, 11) is 1.82. The van der Waals surface area contributed by atoms with E-state index >= 15 is 0 Å². The summed E-state index contributed by atoms with van der Waals surface area (Å²) in [6, 6.07) is 2.84. The Morgan fingerprint density at radius 2 is 2.29 bits per heavy atom. The van der Waals surface area contributed by atoms with E-state index < -0.39 is 4.92 Å². The summed E-state index contributed by atoms with van der Waals surface area (Å²) in [4.78, 5) is 16.3. The molecule has 2 rings (SSSR count). The van der Waals surface area contributed by atoms with E-state index in [0.29, 0.717) is 17.7 Å². The molecule has 0 N–H and O–H groups in total. The van der Waals surface area contributed by atoms with Crippen molar-refractivity contribution in [3.05, 3.63) is 27.4 Å². The fourth-order valence-electron chi connectivity index (χ4n) is 1.93. The maximum atomic E-state index is 10.9.